The van der Waals surface area contributed by atoms with E-state index in [2.05, 4.69) is 6.07 Å². The third kappa shape index (κ3) is 3.69. The number of nitriles is 1. The smallest absolute Gasteiger partial charge is 0.212 e. The molecule has 0 aromatic heterocycles. The van der Waals surface area contributed by atoms with Gasteiger partial charge in [-0.1, -0.05) is 19.3 Å². The molecule has 0 aliphatic heterocycles. The maximum Gasteiger partial charge on any atom is 0.214 e. The van der Waals surface area contributed by atoms with Gasteiger partial charge in [-0.3, -0.25) is 0 Å². The van der Waals surface area contributed by atoms with Gasteiger partial charge in [-0.15, -0.1) is 0 Å². The third-order valence-electron chi connectivity index (χ3n) is 3.93. The molecule has 0 aromatic rings. The minimum Gasteiger partial charge on any atom is -0.212 e. The molecule has 2 rings (SSSR count). The molecule has 5 heteroatoms. The van der Waals surface area contributed by atoms with Crippen LogP contribution in [0.25, 0.3) is 0 Å². The van der Waals surface area contributed by atoms with E-state index in [-0.39, 0.29) is 6.04 Å². The Kier molecular flexibility index (Phi) is 4.63. The van der Waals surface area contributed by atoms with Crippen molar-refractivity contribution in [1.29, 1.82) is 5.26 Å². The van der Waals surface area contributed by atoms with Crippen molar-refractivity contribution in [3.8, 4) is 6.07 Å². The van der Waals surface area contributed by atoms with Gasteiger partial charge >= 0.3 is 0 Å². The molecule has 0 atom stereocenters. The van der Waals surface area contributed by atoms with Gasteiger partial charge < -0.3 is 0 Å². The summed E-state index contributed by atoms with van der Waals surface area (Å²) in [4.78, 5) is 0. The van der Waals surface area contributed by atoms with Crippen molar-refractivity contribution in [1.82, 2.24) is 4.31 Å². The largest absolute Gasteiger partial charge is 0.214 e. The van der Waals surface area contributed by atoms with Crippen LogP contribution in [0.2, 0.25) is 0 Å². The topological polar surface area (TPSA) is 61.2 Å². The van der Waals surface area contributed by atoms with Gasteiger partial charge in [-0.25, -0.2) is 8.42 Å². The fourth-order valence-corrected chi connectivity index (χ4v) is 4.97. The first-order valence-electron chi connectivity index (χ1n) is 7.00. The Morgan fingerprint density at radius 2 is 1.78 bits per heavy atom. The van der Waals surface area contributed by atoms with Crippen molar-refractivity contribution < 1.29 is 8.42 Å². The van der Waals surface area contributed by atoms with Gasteiger partial charge in [0.05, 0.1) is 11.8 Å². The van der Waals surface area contributed by atoms with Crippen LogP contribution >= 0.6 is 0 Å². The highest BCUT2D eigenvalue weighted by Gasteiger charge is 2.37. The van der Waals surface area contributed by atoms with Crippen molar-refractivity contribution in [3.05, 3.63) is 0 Å². The Bertz CT molecular complexity index is 403. The number of nitrogens with zero attached hydrogens (tertiary/aromatic N) is 2. The average Bonchev–Trinajstić information content (AvgIpc) is 3.14. The molecule has 0 heterocycles. The van der Waals surface area contributed by atoms with Crippen LogP contribution in [-0.2, 0) is 10.0 Å². The second kappa shape index (κ2) is 6.03. The maximum atomic E-state index is 12.4. The van der Waals surface area contributed by atoms with E-state index < -0.39 is 10.0 Å². The highest BCUT2D eigenvalue weighted by Crippen LogP contribution is 2.32. The summed E-state index contributed by atoms with van der Waals surface area (Å²) in [6.45, 7) is 0.385. The molecule has 2 saturated carbocycles. The van der Waals surface area contributed by atoms with Gasteiger partial charge in [-0.05, 0) is 31.6 Å². The molecular weight excluding hydrogens is 248 g/mol. The molecule has 0 bridgehead atoms. The van der Waals surface area contributed by atoms with E-state index in [4.69, 9.17) is 5.26 Å². The van der Waals surface area contributed by atoms with E-state index >= 15 is 0 Å². The van der Waals surface area contributed by atoms with Crippen LogP contribution in [0.5, 0.6) is 0 Å². The Balaban J connectivity index is 1.95. The van der Waals surface area contributed by atoms with E-state index in [0.29, 0.717) is 24.6 Å². The van der Waals surface area contributed by atoms with Gasteiger partial charge in [-0.2, -0.15) is 9.57 Å². The fourth-order valence-electron chi connectivity index (χ4n) is 2.82. The van der Waals surface area contributed by atoms with Crippen LogP contribution in [0.3, 0.4) is 0 Å². The Labute approximate surface area is 110 Å². The van der Waals surface area contributed by atoms with Crippen molar-refractivity contribution in [3.63, 3.8) is 0 Å². The Morgan fingerprint density at radius 1 is 1.11 bits per heavy atom. The van der Waals surface area contributed by atoms with Crippen LogP contribution in [0.1, 0.15) is 51.4 Å². The minimum absolute atomic E-state index is 0.187. The summed E-state index contributed by atoms with van der Waals surface area (Å²) in [5, 5.41) is 8.63. The first-order valence-corrected chi connectivity index (χ1v) is 8.61. The molecule has 0 radical (unpaired) electrons. The predicted octanol–water partition coefficient (Wildman–Crippen LogP) is 2.27. The van der Waals surface area contributed by atoms with Gasteiger partial charge in [0.2, 0.25) is 10.0 Å². The summed E-state index contributed by atoms with van der Waals surface area (Å²) in [5.41, 5.74) is 0. The monoisotopic (exact) mass is 270 g/mol. The molecule has 4 nitrogen and oxygen atoms in total. The Hall–Kier alpha value is -0.600. The number of rotatable bonds is 6. The SMILES string of the molecule is N#CCCN(C1CC1)S(=O)(=O)CC1CCCCC1. The predicted molar refractivity (Wildman–Crippen MR) is 70.3 cm³/mol. The molecule has 0 spiro atoms. The normalized spacial score (nSPS) is 22.0. The molecule has 2 aliphatic carbocycles. The maximum absolute atomic E-state index is 12.4. The van der Waals surface area contributed by atoms with E-state index in [0.717, 1.165) is 25.7 Å². The second-order valence-corrected chi connectivity index (χ2v) is 7.50. The summed E-state index contributed by atoms with van der Waals surface area (Å²) in [6, 6.07) is 2.24. The summed E-state index contributed by atoms with van der Waals surface area (Å²) < 4.78 is 26.4. The lowest BCUT2D eigenvalue weighted by Gasteiger charge is -2.26. The van der Waals surface area contributed by atoms with E-state index in [1.54, 1.807) is 4.31 Å². The van der Waals surface area contributed by atoms with Crippen molar-refractivity contribution in [2.45, 2.75) is 57.4 Å². The average molecular weight is 270 g/mol. The highest BCUT2D eigenvalue weighted by atomic mass is 32.2. The zero-order chi connectivity index (χ0) is 13.0. The van der Waals surface area contributed by atoms with Gasteiger partial charge in [0.1, 0.15) is 0 Å². The van der Waals surface area contributed by atoms with Crippen LogP contribution < -0.4 is 0 Å². The van der Waals surface area contributed by atoms with Crippen molar-refractivity contribution in [2.75, 3.05) is 12.3 Å². The lowest BCUT2D eigenvalue weighted by atomic mass is 9.91. The molecule has 18 heavy (non-hydrogen) atoms. The number of sulfonamides is 1. The number of hydrogen-bond donors (Lipinski definition) is 0. The quantitative estimate of drug-likeness (QED) is 0.744. The van der Waals surface area contributed by atoms with Crippen molar-refractivity contribution in [2.24, 2.45) is 5.92 Å². The van der Waals surface area contributed by atoms with Crippen LogP contribution in [0.4, 0.5) is 0 Å². The van der Waals surface area contributed by atoms with Crippen LogP contribution in [0, 0.1) is 17.2 Å². The van der Waals surface area contributed by atoms with Gasteiger partial charge in [0, 0.05) is 19.0 Å². The first-order chi connectivity index (χ1) is 8.63. The summed E-state index contributed by atoms with van der Waals surface area (Å²) in [6.07, 6.45) is 7.93. The lowest BCUT2D eigenvalue weighted by Crippen LogP contribution is -2.38. The summed E-state index contributed by atoms with van der Waals surface area (Å²) >= 11 is 0. The lowest BCUT2D eigenvalue weighted by molar-refractivity contribution is 0.364. The third-order valence-corrected chi connectivity index (χ3v) is 6.01. The standard InChI is InChI=1S/C13H22N2O2S/c14-9-4-10-15(13-7-8-13)18(16,17)11-12-5-2-1-3-6-12/h12-13H,1-8,10-11H2. The molecule has 0 unspecified atom stereocenters. The summed E-state index contributed by atoms with van der Waals surface area (Å²) in [5.74, 6) is 0.640. The molecule has 0 amide bonds. The van der Waals surface area contributed by atoms with Gasteiger partial charge in [0.15, 0.2) is 0 Å². The molecule has 2 fully saturated rings. The van der Waals surface area contributed by atoms with Crippen LogP contribution in [0.15, 0.2) is 0 Å². The van der Waals surface area contributed by atoms with E-state index in [1.807, 2.05) is 0 Å². The second-order valence-electron chi connectivity index (χ2n) is 5.53. The molecule has 0 N–H and O–H groups in total. The highest BCUT2D eigenvalue weighted by molar-refractivity contribution is 7.89. The zero-order valence-corrected chi connectivity index (χ0v) is 11.7. The van der Waals surface area contributed by atoms with Crippen molar-refractivity contribution >= 4 is 10.0 Å². The molecular formula is C13H22N2O2S. The molecule has 102 valence electrons. The fraction of sp³-hybridized carbons (Fsp3) is 0.923. The van der Waals surface area contributed by atoms with E-state index in [9.17, 15) is 8.42 Å². The van der Waals surface area contributed by atoms with Crippen LogP contribution in [-0.4, -0.2) is 31.1 Å². The summed E-state index contributed by atoms with van der Waals surface area (Å²) in [7, 11) is -3.15. The molecule has 0 aromatic carbocycles. The zero-order valence-electron chi connectivity index (χ0n) is 10.8. The first kappa shape index (κ1) is 13.8. The minimum atomic E-state index is -3.15. The molecule has 0 saturated heterocycles. The van der Waals surface area contributed by atoms with Gasteiger partial charge in [0.25, 0.3) is 0 Å². The molecule has 2 aliphatic rings. The number of hydrogen-bond acceptors (Lipinski definition) is 3. The van der Waals surface area contributed by atoms with E-state index in [1.165, 1.54) is 19.3 Å². The Morgan fingerprint density at radius 3 is 2.33 bits per heavy atom.